The number of nitrogens with zero attached hydrogens (tertiary/aromatic N) is 1. The molecule has 0 aromatic rings. The van der Waals surface area contributed by atoms with Gasteiger partial charge in [-0.15, -0.1) is 0 Å². The maximum atomic E-state index is 8.59. The topological polar surface area (TPSA) is 35.1 Å². The predicted molar refractivity (Wildman–Crippen MR) is 52.1 cm³/mol. The second kappa shape index (κ2) is 4.42. The molecule has 0 unspecified atom stereocenters. The van der Waals surface area contributed by atoms with E-state index in [1.54, 1.807) is 7.11 Å². The lowest BCUT2D eigenvalue weighted by Crippen LogP contribution is -1.96. The van der Waals surface area contributed by atoms with Crippen molar-refractivity contribution in [1.82, 2.24) is 0 Å². The standard InChI is InChI=1S/C11H12NO/c1-9(8-12)7-10-3-5-11(13-2)6-4-10/h3-7,9H,1-2H3/q+1/t9-/m1/s1. The van der Waals surface area contributed by atoms with Crippen LogP contribution in [0.3, 0.4) is 0 Å². The molecule has 66 valence electrons. The van der Waals surface area contributed by atoms with Crippen LogP contribution in [0.15, 0.2) is 36.0 Å². The number of hydrogen-bond acceptors (Lipinski definition) is 1. The van der Waals surface area contributed by atoms with Crippen molar-refractivity contribution < 1.29 is 4.42 Å². The molecule has 0 bridgehead atoms. The van der Waals surface area contributed by atoms with Gasteiger partial charge < -0.3 is 0 Å². The van der Waals surface area contributed by atoms with Crippen LogP contribution >= 0.6 is 0 Å². The Morgan fingerprint density at radius 3 is 2.46 bits per heavy atom. The summed E-state index contributed by atoms with van der Waals surface area (Å²) in [6.07, 6.45) is 9.56. The van der Waals surface area contributed by atoms with Crippen LogP contribution in [0, 0.1) is 17.2 Å². The summed E-state index contributed by atoms with van der Waals surface area (Å²) < 4.78 is 5.02. The van der Waals surface area contributed by atoms with Crippen molar-refractivity contribution in [3.05, 3.63) is 36.0 Å². The van der Waals surface area contributed by atoms with Crippen LogP contribution in [-0.2, 0) is 4.42 Å². The molecule has 13 heavy (non-hydrogen) atoms. The minimum absolute atomic E-state index is 0.0478. The molecule has 0 heterocycles. The average Bonchev–Trinajstić information content (AvgIpc) is 2.19. The predicted octanol–water partition coefficient (Wildman–Crippen LogP) is 1.93. The van der Waals surface area contributed by atoms with Crippen molar-refractivity contribution in [3.63, 3.8) is 0 Å². The van der Waals surface area contributed by atoms with Gasteiger partial charge in [-0.3, -0.25) is 4.42 Å². The number of rotatable bonds is 1. The van der Waals surface area contributed by atoms with Gasteiger partial charge in [-0.1, -0.05) is 6.08 Å². The molecule has 0 radical (unpaired) electrons. The van der Waals surface area contributed by atoms with E-state index in [2.05, 4.69) is 6.07 Å². The molecule has 0 saturated heterocycles. The van der Waals surface area contributed by atoms with Gasteiger partial charge in [-0.25, -0.2) is 0 Å². The first-order valence-electron chi connectivity index (χ1n) is 4.15. The molecule has 0 fully saturated rings. The highest BCUT2D eigenvalue weighted by atomic mass is 16.4. The Labute approximate surface area is 78.2 Å². The van der Waals surface area contributed by atoms with E-state index < -0.39 is 0 Å². The maximum Gasteiger partial charge on any atom is 0.343 e. The van der Waals surface area contributed by atoms with Gasteiger partial charge in [-0.2, -0.15) is 5.26 Å². The molecule has 1 aliphatic carbocycles. The zero-order valence-corrected chi connectivity index (χ0v) is 7.82. The number of hydrogen-bond donors (Lipinski definition) is 0. The number of nitriles is 1. The fourth-order valence-corrected chi connectivity index (χ4v) is 1.04. The summed E-state index contributed by atoms with van der Waals surface area (Å²) in [5.74, 6) is 0.787. The highest BCUT2D eigenvalue weighted by molar-refractivity contribution is 6.01. The molecule has 2 heteroatoms. The lowest BCUT2D eigenvalue weighted by molar-refractivity contribution is -0.417. The third-order valence-corrected chi connectivity index (χ3v) is 1.76. The Morgan fingerprint density at radius 2 is 2.00 bits per heavy atom. The van der Waals surface area contributed by atoms with Crippen molar-refractivity contribution in [3.8, 4) is 6.07 Å². The van der Waals surface area contributed by atoms with Crippen LogP contribution in [0.25, 0.3) is 0 Å². The van der Waals surface area contributed by atoms with Gasteiger partial charge >= 0.3 is 5.78 Å². The van der Waals surface area contributed by atoms with E-state index in [-0.39, 0.29) is 5.92 Å². The first-order chi connectivity index (χ1) is 6.26. The lowest BCUT2D eigenvalue weighted by atomic mass is 10.0. The molecular weight excluding hydrogens is 162 g/mol. The first-order valence-corrected chi connectivity index (χ1v) is 4.15. The van der Waals surface area contributed by atoms with Crippen LogP contribution < -0.4 is 0 Å². The zero-order chi connectivity index (χ0) is 9.68. The Morgan fingerprint density at radius 1 is 1.38 bits per heavy atom. The summed E-state index contributed by atoms with van der Waals surface area (Å²) in [5, 5.41) is 8.59. The van der Waals surface area contributed by atoms with Gasteiger partial charge in [0.15, 0.2) is 0 Å². The lowest BCUT2D eigenvalue weighted by Gasteiger charge is -1.98. The molecule has 0 aromatic carbocycles. The average molecular weight is 174 g/mol. The second-order valence-electron chi connectivity index (χ2n) is 2.86. The van der Waals surface area contributed by atoms with Gasteiger partial charge in [0.1, 0.15) is 0 Å². The van der Waals surface area contributed by atoms with Crippen molar-refractivity contribution >= 4 is 5.78 Å². The Hall–Kier alpha value is -1.62. The number of ketones is 1. The fourth-order valence-electron chi connectivity index (χ4n) is 1.04. The van der Waals surface area contributed by atoms with Gasteiger partial charge in [0.05, 0.1) is 12.0 Å². The van der Waals surface area contributed by atoms with Gasteiger partial charge in [0.2, 0.25) is 0 Å². The SMILES string of the molecule is C[O+]=C1C=CC(=C[C@@H](C)C#N)C=C1. The fraction of sp³-hybridized carbons (Fsp3) is 0.273. The van der Waals surface area contributed by atoms with Crippen molar-refractivity contribution in [2.75, 3.05) is 7.11 Å². The second-order valence-corrected chi connectivity index (χ2v) is 2.86. The molecule has 0 saturated carbocycles. The third-order valence-electron chi connectivity index (χ3n) is 1.76. The van der Waals surface area contributed by atoms with Crippen LogP contribution in [0.4, 0.5) is 0 Å². The minimum atomic E-state index is -0.0478. The van der Waals surface area contributed by atoms with E-state index >= 15 is 0 Å². The Balaban J connectivity index is 2.76. The van der Waals surface area contributed by atoms with E-state index in [0.29, 0.717) is 0 Å². The number of allylic oxidation sites excluding steroid dienone is 6. The van der Waals surface area contributed by atoms with Crippen LogP contribution in [0.1, 0.15) is 6.92 Å². The largest absolute Gasteiger partial charge is 0.343 e. The van der Waals surface area contributed by atoms with Crippen LogP contribution in [-0.4, -0.2) is 12.9 Å². The van der Waals surface area contributed by atoms with Crippen LogP contribution in [0.5, 0.6) is 0 Å². The third kappa shape index (κ3) is 2.72. The van der Waals surface area contributed by atoms with E-state index in [1.807, 2.05) is 37.3 Å². The molecule has 0 amide bonds. The number of carbonyl (C=O) groups excluding carboxylic acids is 1. The maximum absolute atomic E-state index is 8.59. The van der Waals surface area contributed by atoms with E-state index in [4.69, 9.17) is 9.69 Å². The Kier molecular flexibility index (Phi) is 3.22. The summed E-state index contributed by atoms with van der Waals surface area (Å²) in [6.45, 7) is 1.87. The highest BCUT2D eigenvalue weighted by Gasteiger charge is 2.05. The molecule has 0 spiro atoms. The van der Waals surface area contributed by atoms with E-state index in [9.17, 15) is 0 Å². The van der Waals surface area contributed by atoms with Gasteiger partial charge in [0.25, 0.3) is 7.11 Å². The Bertz CT molecular complexity index is 322. The first kappa shape index (κ1) is 9.47. The normalized spacial score (nSPS) is 16.7. The summed E-state index contributed by atoms with van der Waals surface area (Å²) in [4.78, 5) is 0. The molecule has 0 N–H and O–H groups in total. The molecule has 2 nitrogen and oxygen atoms in total. The van der Waals surface area contributed by atoms with Crippen molar-refractivity contribution in [2.24, 2.45) is 5.92 Å². The molecule has 1 aliphatic rings. The molecular formula is C11H12NO+. The van der Waals surface area contributed by atoms with Crippen LogP contribution in [0.2, 0.25) is 0 Å². The summed E-state index contributed by atoms with van der Waals surface area (Å²) in [6, 6.07) is 2.16. The highest BCUT2D eigenvalue weighted by Crippen LogP contribution is 2.09. The summed E-state index contributed by atoms with van der Waals surface area (Å²) in [5.41, 5.74) is 1.05. The van der Waals surface area contributed by atoms with E-state index in [1.165, 1.54) is 0 Å². The smallest absolute Gasteiger partial charge is 0.258 e. The van der Waals surface area contributed by atoms with Crippen molar-refractivity contribution in [2.45, 2.75) is 6.92 Å². The molecule has 1 atom stereocenters. The monoisotopic (exact) mass is 174 g/mol. The summed E-state index contributed by atoms with van der Waals surface area (Å²) >= 11 is 0. The van der Waals surface area contributed by atoms with Gasteiger partial charge in [-0.05, 0) is 24.6 Å². The van der Waals surface area contributed by atoms with E-state index in [0.717, 1.165) is 11.4 Å². The zero-order valence-electron chi connectivity index (χ0n) is 7.82. The molecule has 0 aliphatic heterocycles. The molecule has 1 rings (SSSR count). The van der Waals surface area contributed by atoms with Gasteiger partial charge in [0, 0.05) is 12.2 Å². The summed E-state index contributed by atoms with van der Waals surface area (Å²) in [7, 11) is 1.64. The molecule has 0 aromatic heterocycles. The quantitative estimate of drug-likeness (QED) is 0.559. The minimum Gasteiger partial charge on any atom is -0.258 e. The van der Waals surface area contributed by atoms with Crippen molar-refractivity contribution in [1.29, 1.82) is 5.26 Å².